The zero-order chi connectivity index (χ0) is 28.6. The van der Waals surface area contributed by atoms with Gasteiger partial charge >= 0.3 is 0 Å². The van der Waals surface area contributed by atoms with Crippen LogP contribution in [0.5, 0.6) is 5.75 Å². The number of piperidine rings is 1. The van der Waals surface area contributed by atoms with E-state index in [4.69, 9.17) is 15.5 Å². The van der Waals surface area contributed by atoms with Crippen molar-refractivity contribution in [2.75, 3.05) is 43.4 Å². The van der Waals surface area contributed by atoms with E-state index in [9.17, 15) is 8.42 Å². The Morgan fingerprint density at radius 1 is 1.15 bits per heavy atom. The lowest BCUT2D eigenvalue weighted by atomic mass is 9.76. The molecular weight excluding hydrogens is 538 g/mol. The fourth-order valence-corrected chi connectivity index (χ4v) is 7.33. The minimum Gasteiger partial charge on any atom is -0.491 e. The number of nitrogens with zero attached hydrogens (tertiary/aromatic N) is 4. The van der Waals surface area contributed by atoms with Gasteiger partial charge in [0.25, 0.3) is 0 Å². The van der Waals surface area contributed by atoms with Crippen LogP contribution in [-0.2, 0) is 29.4 Å². The van der Waals surface area contributed by atoms with Gasteiger partial charge in [-0.2, -0.15) is 0 Å². The third-order valence-electron chi connectivity index (χ3n) is 8.57. The molecule has 0 spiro atoms. The lowest BCUT2D eigenvalue weighted by molar-refractivity contribution is 0.310. The van der Waals surface area contributed by atoms with Crippen LogP contribution in [-0.4, -0.2) is 56.2 Å². The second kappa shape index (κ2) is 11.2. The molecule has 2 aliphatic heterocycles. The Labute approximate surface area is 242 Å². The molecule has 0 radical (unpaired) electrons. The Bertz CT molecular complexity index is 1540. The summed E-state index contributed by atoms with van der Waals surface area (Å²) in [6.07, 6.45) is 8.22. The lowest BCUT2D eigenvalue weighted by Gasteiger charge is -2.33. The summed E-state index contributed by atoms with van der Waals surface area (Å²) < 4.78 is 35.4. The van der Waals surface area contributed by atoms with E-state index in [0.717, 1.165) is 73.6 Å². The number of nitrogens with one attached hydrogen (secondary N) is 2. The molecular formula is C30H39N7O3S. The molecule has 218 valence electrons. The molecule has 1 aromatic carbocycles. The lowest BCUT2D eigenvalue weighted by Crippen LogP contribution is -2.36. The van der Waals surface area contributed by atoms with Crippen LogP contribution in [0.4, 0.5) is 11.6 Å². The van der Waals surface area contributed by atoms with Gasteiger partial charge in [-0.05, 0) is 80.3 Å². The van der Waals surface area contributed by atoms with Gasteiger partial charge in [-0.25, -0.2) is 28.1 Å². The van der Waals surface area contributed by atoms with Crippen molar-refractivity contribution in [2.24, 2.45) is 11.3 Å². The van der Waals surface area contributed by atoms with E-state index in [1.807, 2.05) is 12.1 Å². The van der Waals surface area contributed by atoms with Gasteiger partial charge in [0.15, 0.2) is 0 Å². The Kier molecular flexibility index (Phi) is 7.60. The molecule has 0 amide bonds. The average molecular weight is 578 g/mol. The monoisotopic (exact) mass is 577 g/mol. The maximum atomic E-state index is 13.2. The summed E-state index contributed by atoms with van der Waals surface area (Å²) in [5, 5.41) is 3.31. The Morgan fingerprint density at radius 2 is 1.98 bits per heavy atom. The number of aryl methyl sites for hydroxylation is 1. The van der Waals surface area contributed by atoms with Crippen LogP contribution in [0.15, 0.2) is 41.7 Å². The Balaban J connectivity index is 1.27. The van der Waals surface area contributed by atoms with Crippen LogP contribution in [0.25, 0.3) is 11.1 Å². The summed E-state index contributed by atoms with van der Waals surface area (Å²) in [6.45, 7) is 8.69. The molecule has 3 aromatic rings. The van der Waals surface area contributed by atoms with Crippen LogP contribution < -0.4 is 25.4 Å². The van der Waals surface area contributed by atoms with E-state index in [2.05, 4.69) is 44.8 Å². The van der Waals surface area contributed by atoms with E-state index >= 15 is 0 Å². The number of anilines is 2. The molecule has 6 rings (SSSR count). The fraction of sp³-hybridized carbons (Fsp3) is 0.500. The normalized spacial score (nSPS) is 19.1. The van der Waals surface area contributed by atoms with Gasteiger partial charge in [-0.15, -0.1) is 0 Å². The number of aromatic nitrogens is 3. The standard InChI is InChI=1S/C30H39N7O3S/c1-30(2)8-5-25-24(15-30)29(35-19-34-25)37-11-12-40-26-4-3-21(13-23(26)18-37)22-14-27(28(31)33-17-22)41(38,39)36-16-20-6-9-32-10-7-20/h3-4,13-14,17,19-20,32,36H,5-12,15-16,18H2,1-2H3,(H2,31,33). The smallest absolute Gasteiger partial charge is 0.244 e. The highest BCUT2D eigenvalue weighted by atomic mass is 32.2. The maximum Gasteiger partial charge on any atom is 0.244 e. The number of hydrogen-bond acceptors (Lipinski definition) is 9. The second-order valence-electron chi connectivity index (χ2n) is 12.2. The summed E-state index contributed by atoms with van der Waals surface area (Å²) in [6, 6.07) is 7.56. The van der Waals surface area contributed by atoms with Crippen molar-refractivity contribution in [2.45, 2.75) is 57.4 Å². The van der Waals surface area contributed by atoms with Crippen LogP contribution in [0.2, 0.25) is 0 Å². The summed E-state index contributed by atoms with van der Waals surface area (Å²) >= 11 is 0. The number of fused-ring (bicyclic) bond motifs is 2. The predicted molar refractivity (Wildman–Crippen MR) is 159 cm³/mol. The summed E-state index contributed by atoms with van der Waals surface area (Å²) in [5.74, 6) is 2.10. The molecule has 41 heavy (non-hydrogen) atoms. The van der Waals surface area contributed by atoms with Crippen LogP contribution in [0.3, 0.4) is 0 Å². The molecule has 1 saturated heterocycles. The third kappa shape index (κ3) is 6.02. The zero-order valence-electron chi connectivity index (χ0n) is 23.8. The van der Waals surface area contributed by atoms with Gasteiger partial charge in [0.05, 0.1) is 6.54 Å². The van der Waals surface area contributed by atoms with Crippen molar-refractivity contribution in [1.82, 2.24) is 25.0 Å². The molecule has 11 heteroatoms. The van der Waals surface area contributed by atoms with Gasteiger partial charge in [0, 0.05) is 41.7 Å². The number of nitrogens with two attached hydrogens (primary N) is 1. The molecule has 0 atom stereocenters. The number of hydrogen-bond donors (Lipinski definition) is 3. The number of rotatable bonds is 6. The first-order valence-corrected chi connectivity index (χ1v) is 16.0. The highest BCUT2D eigenvalue weighted by molar-refractivity contribution is 7.89. The van der Waals surface area contributed by atoms with Crippen LogP contribution in [0.1, 0.15) is 49.9 Å². The molecule has 1 aliphatic carbocycles. The van der Waals surface area contributed by atoms with Gasteiger partial charge in [-0.1, -0.05) is 19.9 Å². The first-order chi connectivity index (χ1) is 19.7. The van der Waals surface area contributed by atoms with Crippen molar-refractivity contribution in [3.63, 3.8) is 0 Å². The number of ether oxygens (including phenoxy) is 1. The molecule has 0 unspecified atom stereocenters. The zero-order valence-corrected chi connectivity index (χ0v) is 24.6. The quantitative estimate of drug-likeness (QED) is 0.403. The SMILES string of the molecule is CC1(C)CCc2ncnc(N3CCOc4ccc(-c5cnc(N)c(S(=O)(=O)NCC6CCNCC6)c5)cc4C3)c2C1. The largest absolute Gasteiger partial charge is 0.491 e. The van der Waals surface area contributed by atoms with Crippen molar-refractivity contribution >= 4 is 21.7 Å². The first-order valence-electron chi connectivity index (χ1n) is 14.5. The Hall–Kier alpha value is -3.28. The minimum absolute atomic E-state index is 0.00646. The molecule has 4 N–H and O–H groups in total. The summed E-state index contributed by atoms with van der Waals surface area (Å²) in [4.78, 5) is 15.9. The highest BCUT2D eigenvalue weighted by Gasteiger charge is 2.31. The minimum atomic E-state index is -3.81. The van der Waals surface area contributed by atoms with Crippen LogP contribution in [0, 0.1) is 11.3 Å². The topological polar surface area (TPSA) is 135 Å². The number of sulfonamides is 1. The van der Waals surface area contributed by atoms with Gasteiger partial charge in [0.1, 0.15) is 35.2 Å². The summed E-state index contributed by atoms with van der Waals surface area (Å²) in [7, 11) is -3.81. The van der Waals surface area contributed by atoms with E-state index in [1.165, 1.54) is 5.56 Å². The van der Waals surface area contributed by atoms with E-state index in [1.54, 1.807) is 18.6 Å². The summed E-state index contributed by atoms with van der Waals surface area (Å²) in [5.41, 5.74) is 11.2. The molecule has 4 heterocycles. The number of nitrogen functional groups attached to an aromatic ring is 1. The van der Waals surface area contributed by atoms with Gasteiger partial charge in [0.2, 0.25) is 10.0 Å². The van der Waals surface area contributed by atoms with Crippen molar-refractivity contribution in [3.8, 4) is 16.9 Å². The number of benzene rings is 1. The predicted octanol–water partition coefficient (Wildman–Crippen LogP) is 3.31. The first kappa shape index (κ1) is 27.9. The van der Waals surface area contributed by atoms with E-state index < -0.39 is 10.0 Å². The second-order valence-corrected chi connectivity index (χ2v) is 13.9. The van der Waals surface area contributed by atoms with Crippen LogP contribution >= 0.6 is 0 Å². The molecule has 2 aromatic heterocycles. The fourth-order valence-electron chi connectivity index (χ4n) is 6.10. The van der Waals surface area contributed by atoms with Crippen molar-refractivity contribution < 1.29 is 13.2 Å². The van der Waals surface area contributed by atoms with E-state index in [-0.39, 0.29) is 16.1 Å². The highest BCUT2D eigenvalue weighted by Crippen LogP contribution is 2.39. The van der Waals surface area contributed by atoms with Crippen molar-refractivity contribution in [3.05, 3.63) is 53.6 Å². The van der Waals surface area contributed by atoms with Gasteiger partial charge in [-0.3, -0.25) is 0 Å². The average Bonchev–Trinajstić information content (AvgIpc) is 3.18. The van der Waals surface area contributed by atoms with Crippen molar-refractivity contribution in [1.29, 1.82) is 0 Å². The van der Waals surface area contributed by atoms with Gasteiger partial charge < -0.3 is 20.7 Å². The molecule has 1 fully saturated rings. The van der Waals surface area contributed by atoms with E-state index in [0.29, 0.717) is 37.7 Å². The maximum absolute atomic E-state index is 13.2. The number of pyridine rings is 1. The molecule has 10 nitrogen and oxygen atoms in total. The Morgan fingerprint density at radius 3 is 2.80 bits per heavy atom. The third-order valence-corrected chi connectivity index (χ3v) is 10.0. The molecule has 0 bridgehead atoms. The molecule has 3 aliphatic rings. The molecule has 0 saturated carbocycles.